The van der Waals surface area contributed by atoms with Crippen LogP contribution in [0.15, 0.2) is 33.6 Å². The van der Waals surface area contributed by atoms with Gasteiger partial charge in [-0.15, -0.1) is 0 Å². The molecule has 3 rings (SSSR count). The first-order valence-corrected chi connectivity index (χ1v) is 8.57. The second-order valence-electron chi connectivity index (χ2n) is 6.67. The zero-order chi connectivity index (χ0) is 20.5. The van der Waals surface area contributed by atoms with Crippen molar-refractivity contribution in [2.24, 2.45) is 0 Å². The molecule has 10 heteroatoms. The summed E-state index contributed by atoms with van der Waals surface area (Å²) in [6.45, 7) is 0.306. The number of nitrogens with zero attached hydrogens (tertiary/aromatic N) is 1. The number of methoxy groups -OCH3 is 1. The number of carbonyl (C=O) groups excluding carboxylic acids is 1. The Morgan fingerprint density at radius 1 is 1.36 bits per heavy atom. The fraction of sp³-hybridized carbons (Fsp3) is 0.444. The van der Waals surface area contributed by atoms with Crippen LogP contribution in [0.4, 0.5) is 22.4 Å². The zero-order valence-electron chi connectivity index (χ0n) is 14.9. The van der Waals surface area contributed by atoms with E-state index in [4.69, 9.17) is 9.26 Å². The number of rotatable bonds is 3. The van der Waals surface area contributed by atoms with Crippen LogP contribution >= 0.6 is 0 Å². The lowest BCUT2D eigenvalue weighted by Crippen LogP contribution is -2.46. The van der Waals surface area contributed by atoms with Crippen LogP contribution in [0.25, 0.3) is 0 Å². The number of nitrogens with one attached hydrogen (secondary N) is 1. The van der Waals surface area contributed by atoms with E-state index in [1.165, 1.54) is 24.1 Å². The van der Waals surface area contributed by atoms with Gasteiger partial charge in [-0.1, -0.05) is 6.07 Å². The number of aromatic amines is 1. The molecule has 2 heterocycles. The van der Waals surface area contributed by atoms with Crippen molar-refractivity contribution in [3.05, 3.63) is 57.3 Å². The van der Waals surface area contributed by atoms with Gasteiger partial charge < -0.3 is 14.2 Å². The minimum atomic E-state index is -4.78. The molecule has 6 nitrogen and oxygen atoms in total. The highest BCUT2D eigenvalue weighted by molar-refractivity contribution is 5.68. The van der Waals surface area contributed by atoms with Gasteiger partial charge in [0.15, 0.2) is 0 Å². The number of piperidine rings is 1. The van der Waals surface area contributed by atoms with Gasteiger partial charge in [0.1, 0.15) is 11.6 Å². The smallest absolute Gasteiger partial charge is 0.419 e. The topological polar surface area (TPSA) is 75.5 Å². The highest BCUT2D eigenvalue weighted by Crippen LogP contribution is 2.35. The molecule has 28 heavy (non-hydrogen) atoms. The van der Waals surface area contributed by atoms with E-state index in [1.807, 2.05) is 0 Å². The van der Waals surface area contributed by atoms with Gasteiger partial charge in [-0.2, -0.15) is 18.3 Å². The zero-order valence-corrected chi connectivity index (χ0v) is 14.9. The summed E-state index contributed by atoms with van der Waals surface area (Å²) in [6, 6.07) is 3.59. The molecule has 0 saturated carbocycles. The van der Waals surface area contributed by atoms with Gasteiger partial charge in [0, 0.05) is 24.6 Å². The Morgan fingerprint density at radius 3 is 2.68 bits per heavy atom. The van der Waals surface area contributed by atoms with Crippen molar-refractivity contribution in [2.75, 3.05) is 13.7 Å². The van der Waals surface area contributed by atoms with Gasteiger partial charge in [-0.05, 0) is 37.0 Å². The van der Waals surface area contributed by atoms with E-state index in [-0.39, 0.29) is 17.9 Å². The Labute approximate surface area is 157 Å². The Morgan fingerprint density at radius 2 is 2.11 bits per heavy atom. The molecule has 0 radical (unpaired) electrons. The van der Waals surface area contributed by atoms with E-state index >= 15 is 0 Å². The first kappa shape index (κ1) is 20.0. The number of alkyl halides is 3. The van der Waals surface area contributed by atoms with Crippen LogP contribution in [0.5, 0.6) is 0 Å². The first-order valence-electron chi connectivity index (χ1n) is 8.57. The standard InChI is InChI=1S/C18H18F4N2O4/c1-27-17(26)24-5-4-11(15-9-16(25)23-28-15)8-12(24)6-10-2-3-13(14(19)7-10)18(20,21)22/h2-3,7,9,11-12H,4-6,8H2,1H3,(H,23,25). The second kappa shape index (κ2) is 7.69. The van der Waals surface area contributed by atoms with Crippen LogP contribution < -0.4 is 5.56 Å². The summed E-state index contributed by atoms with van der Waals surface area (Å²) in [5.74, 6) is -1.08. The monoisotopic (exact) mass is 402 g/mol. The Hall–Kier alpha value is -2.78. The summed E-state index contributed by atoms with van der Waals surface area (Å²) < 4.78 is 62.0. The minimum absolute atomic E-state index is 0.134. The number of benzene rings is 1. The molecule has 1 amide bonds. The molecular weight excluding hydrogens is 384 g/mol. The van der Waals surface area contributed by atoms with Crippen molar-refractivity contribution >= 4 is 6.09 Å². The lowest BCUT2D eigenvalue weighted by molar-refractivity contribution is -0.140. The van der Waals surface area contributed by atoms with Gasteiger partial charge in [0.05, 0.1) is 12.7 Å². The van der Waals surface area contributed by atoms with Crippen LogP contribution in [0.1, 0.15) is 35.6 Å². The number of hydrogen-bond acceptors (Lipinski definition) is 4. The van der Waals surface area contributed by atoms with Crippen molar-refractivity contribution in [3.63, 3.8) is 0 Å². The molecule has 2 atom stereocenters. The summed E-state index contributed by atoms with van der Waals surface area (Å²) in [5, 5.41) is 2.21. The fourth-order valence-corrected chi connectivity index (χ4v) is 3.55. The molecule has 0 spiro atoms. The quantitative estimate of drug-likeness (QED) is 0.795. The summed E-state index contributed by atoms with van der Waals surface area (Å²) in [6.07, 6.45) is -4.31. The van der Waals surface area contributed by atoms with Crippen molar-refractivity contribution in [3.8, 4) is 0 Å². The average molecular weight is 402 g/mol. The maximum Gasteiger partial charge on any atom is 0.419 e. The molecule has 1 fully saturated rings. The molecule has 0 aliphatic carbocycles. The lowest BCUT2D eigenvalue weighted by atomic mass is 9.86. The highest BCUT2D eigenvalue weighted by Gasteiger charge is 2.36. The Bertz CT molecular complexity index is 905. The van der Waals surface area contributed by atoms with Gasteiger partial charge in [0.25, 0.3) is 5.56 Å². The minimum Gasteiger partial charge on any atom is -0.453 e. The van der Waals surface area contributed by atoms with Crippen LogP contribution in [0, 0.1) is 5.82 Å². The molecule has 1 aliphatic rings. The Balaban J connectivity index is 1.83. The molecule has 152 valence electrons. The number of halogens is 4. The van der Waals surface area contributed by atoms with Gasteiger partial charge in [0.2, 0.25) is 0 Å². The van der Waals surface area contributed by atoms with Crippen LogP contribution in [-0.2, 0) is 17.3 Å². The largest absolute Gasteiger partial charge is 0.453 e. The summed E-state index contributed by atoms with van der Waals surface area (Å²) >= 11 is 0. The summed E-state index contributed by atoms with van der Waals surface area (Å²) in [5.41, 5.74) is -1.40. The van der Waals surface area contributed by atoms with Crippen molar-refractivity contribution in [2.45, 2.75) is 37.4 Å². The molecule has 2 aromatic rings. The fourth-order valence-electron chi connectivity index (χ4n) is 3.55. The highest BCUT2D eigenvalue weighted by atomic mass is 19.4. The lowest BCUT2D eigenvalue weighted by Gasteiger charge is -2.38. The number of ether oxygens (including phenoxy) is 1. The van der Waals surface area contributed by atoms with Crippen LogP contribution in [-0.4, -0.2) is 35.8 Å². The van der Waals surface area contributed by atoms with Gasteiger partial charge in [-0.3, -0.25) is 4.79 Å². The number of carbonyl (C=O) groups is 1. The maximum atomic E-state index is 13.9. The molecule has 1 N–H and O–H groups in total. The third-order valence-electron chi connectivity index (χ3n) is 4.88. The predicted octanol–water partition coefficient (Wildman–Crippen LogP) is 3.68. The van der Waals surface area contributed by atoms with Crippen LogP contribution in [0.3, 0.4) is 0 Å². The van der Waals surface area contributed by atoms with Crippen molar-refractivity contribution < 1.29 is 31.6 Å². The molecule has 1 aromatic heterocycles. The van der Waals surface area contributed by atoms with E-state index in [1.54, 1.807) is 0 Å². The van der Waals surface area contributed by atoms with Crippen molar-refractivity contribution in [1.29, 1.82) is 0 Å². The number of aromatic nitrogens is 1. The molecule has 1 saturated heterocycles. The van der Waals surface area contributed by atoms with Crippen LogP contribution in [0.2, 0.25) is 0 Å². The van der Waals surface area contributed by atoms with Gasteiger partial charge >= 0.3 is 12.3 Å². The molecular formula is C18H18F4N2O4. The van der Waals surface area contributed by atoms with E-state index < -0.39 is 29.7 Å². The SMILES string of the molecule is COC(=O)N1CCC(c2cc(=O)[nH]o2)CC1Cc1ccc(C(F)(F)F)c(F)c1. The second-order valence-corrected chi connectivity index (χ2v) is 6.67. The van der Waals surface area contributed by atoms with E-state index in [0.29, 0.717) is 36.8 Å². The first-order chi connectivity index (χ1) is 13.2. The van der Waals surface area contributed by atoms with E-state index in [0.717, 1.165) is 6.07 Å². The molecule has 0 bridgehead atoms. The van der Waals surface area contributed by atoms with E-state index in [2.05, 4.69) is 5.16 Å². The normalized spacial score (nSPS) is 20.2. The Kier molecular flexibility index (Phi) is 5.48. The van der Waals surface area contributed by atoms with E-state index in [9.17, 15) is 27.2 Å². The summed E-state index contributed by atoms with van der Waals surface area (Å²) in [4.78, 5) is 24.8. The third-order valence-corrected chi connectivity index (χ3v) is 4.88. The summed E-state index contributed by atoms with van der Waals surface area (Å²) in [7, 11) is 1.23. The molecule has 1 aromatic carbocycles. The number of likely N-dealkylation sites (tertiary alicyclic amines) is 1. The number of amides is 1. The maximum absolute atomic E-state index is 13.9. The molecule has 1 aliphatic heterocycles. The number of hydrogen-bond donors (Lipinski definition) is 1. The number of H-pyrrole nitrogens is 1. The average Bonchev–Trinajstić information content (AvgIpc) is 3.06. The predicted molar refractivity (Wildman–Crippen MR) is 89.3 cm³/mol. The van der Waals surface area contributed by atoms with Crippen molar-refractivity contribution in [1.82, 2.24) is 10.1 Å². The van der Waals surface area contributed by atoms with Gasteiger partial charge in [-0.25, -0.2) is 9.18 Å². The molecule has 2 unspecified atom stereocenters. The third kappa shape index (κ3) is 4.20.